The lowest BCUT2D eigenvalue weighted by Gasteiger charge is -2.15. The topological polar surface area (TPSA) is 67.4 Å². The fourth-order valence-electron chi connectivity index (χ4n) is 2.42. The van der Waals surface area contributed by atoms with E-state index in [0.717, 1.165) is 10.8 Å². The number of carbonyl (C=O) groups is 2. The molecular weight excluding hydrogens is 316 g/mol. The van der Waals surface area contributed by atoms with Crippen LogP contribution in [0.2, 0.25) is 0 Å². The molecule has 2 N–H and O–H groups in total. The van der Waals surface area contributed by atoms with Gasteiger partial charge in [0.15, 0.2) is 6.61 Å². The van der Waals surface area contributed by atoms with Crippen molar-refractivity contribution >= 4 is 22.6 Å². The maximum Gasteiger partial charge on any atom is 0.258 e. The summed E-state index contributed by atoms with van der Waals surface area (Å²) in [5.41, 5.74) is 0.441. The van der Waals surface area contributed by atoms with Gasteiger partial charge >= 0.3 is 0 Å². The van der Waals surface area contributed by atoms with Crippen molar-refractivity contribution in [3.63, 3.8) is 0 Å². The van der Waals surface area contributed by atoms with Gasteiger partial charge in [0.25, 0.3) is 11.8 Å². The van der Waals surface area contributed by atoms with Gasteiger partial charge in [0, 0.05) is 12.6 Å². The second-order valence-electron chi connectivity index (χ2n) is 6.81. The number of ether oxygens (including phenoxy) is 1. The smallest absolute Gasteiger partial charge is 0.258 e. The van der Waals surface area contributed by atoms with Gasteiger partial charge in [-0.05, 0) is 42.7 Å². The number of nitrogens with one attached hydrogen (secondary N) is 2. The summed E-state index contributed by atoms with van der Waals surface area (Å²) in [5.74, 6) is 0.361. The monoisotopic (exact) mass is 342 g/mol. The van der Waals surface area contributed by atoms with E-state index in [1.54, 1.807) is 6.07 Å². The molecule has 5 heteroatoms. The second-order valence-corrected chi connectivity index (χ2v) is 6.81. The van der Waals surface area contributed by atoms with E-state index < -0.39 is 0 Å². The Morgan fingerprint density at radius 2 is 1.68 bits per heavy atom. The summed E-state index contributed by atoms with van der Waals surface area (Å²) in [6, 6.07) is 11.4. The molecule has 134 valence electrons. The molecule has 2 rings (SSSR count). The number of hydrogen-bond acceptors (Lipinski definition) is 3. The van der Waals surface area contributed by atoms with E-state index in [1.807, 2.05) is 58.0 Å². The molecule has 0 radical (unpaired) electrons. The van der Waals surface area contributed by atoms with Gasteiger partial charge in [-0.25, -0.2) is 0 Å². The van der Waals surface area contributed by atoms with E-state index in [4.69, 9.17) is 4.74 Å². The van der Waals surface area contributed by atoms with E-state index >= 15 is 0 Å². The molecule has 0 heterocycles. The molecule has 2 aromatic rings. The third-order valence-corrected chi connectivity index (χ3v) is 3.57. The van der Waals surface area contributed by atoms with Crippen LogP contribution in [0.1, 0.15) is 38.1 Å². The summed E-state index contributed by atoms with van der Waals surface area (Å²) in [4.78, 5) is 24.4. The van der Waals surface area contributed by atoms with Crippen molar-refractivity contribution in [2.75, 3.05) is 13.2 Å². The Balaban J connectivity index is 2.26. The predicted molar refractivity (Wildman–Crippen MR) is 99.9 cm³/mol. The Kier molecular flexibility index (Phi) is 6.39. The van der Waals surface area contributed by atoms with E-state index in [2.05, 4.69) is 10.6 Å². The van der Waals surface area contributed by atoms with Gasteiger partial charge in [-0.3, -0.25) is 9.59 Å². The molecule has 0 unspecified atom stereocenters. The number of fused-ring (bicyclic) bond motifs is 1. The minimum absolute atomic E-state index is 0.0431. The molecule has 0 aliphatic heterocycles. The Morgan fingerprint density at radius 1 is 1.04 bits per heavy atom. The zero-order valence-corrected chi connectivity index (χ0v) is 15.3. The second kappa shape index (κ2) is 8.51. The van der Waals surface area contributed by atoms with Gasteiger partial charge in [-0.15, -0.1) is 0 Å². The molecule has 0 aliphatic rings. The number of amides is 2. The maximum absolute atomic E-state index is 12.5. The van der Waals surface area contributed by atoms with Crippen LogP contribution in [0.15, 0.2) is 36.4 Å². The number of benzene rings is 2. The van der Waals surface area contributed by atoms with Crippen molar-refractivity contribution in [2.45, 2.75) is 33.7 Å². The molecule has 2 amide bonds. The van der Waals surface area contributed by atoms with Crippen LogP contribution in [-0.2, 0) is 4.79 Å². The van der Waals surface area contributed by atoms with E-state index in [9.17, 15) is 9.59 Å². The van der Waals surface area contributed by atoms with E-state index in [1.165, 1.54) is 0 Å². The first-order valence-electron chi connectivity index (χ1n) is 8.60. The number of carbonyl (C=O) groups excluding carboxylic acids is 2. The third-order valence-electron chi connectivity index (χ3n) is 3.57. The molecular formula is C20H26N2O3. The van der Waals surface area contributed by atoms with Crippen molar-refractivity contribution in [3.05, 3.63) is 42.0 Å². The highest BCUT2D eigenvalue weighted by molar-refractivity contribution is 6.01. The molecule has 0 atom stereocenters. The summed E-state index contributed by atoms with van der Waals surface area (Å²) < 4.78 is 5.66. The van der Waals surface area contributed by atoms with E-state index in [-0.39, 0.29) is 24.5 Å². The summed E-state index contributed by atoms with van der Waals surface area (Å²) in [7, 11) is 0. The van der Waals surface area contributed by atoms with Gasteiger partial charge in [0.1, 0.15) is 5.75 Å². The van der Waals surface area contributed by atoms with Crippen LogP contribution in [0.5, 0.6) is 5.75 Å². The standard InChI is InChI=1S/C20H26N2O3/c1-13(2)11-21-20(24)17-9-15-7-5-6-8-16(15)10-18(17)25-12-19(23)22-14(3)4/h5-10,13-14H,11-12H2,1-4H3,(H,21,24)(H,22,23). The van der Waals surface area contributed by atoms with Gasteiger partial charge in [-0.2, -0.15) is 0 Å². The van der Waals surface area contributed by atoms with Crippen LogP contribution in [-0.4, -0.2) is 31.0 Å². The zero-order chi connectivity index (χ0) is 18.4. The van der Waals surface area contributed by atoms with E-state index in [0.29, 0.717) is 23.8 Å². The average molecular weight is 342 g/mol. The molecule has 0 fully saturated rings. The predicted octanol–water partition coefficient (Wildman–Crippen LogP) is 3.13. The lowest BCUT2D eigenvalue weighted by molar-refractivity contribution is -0.123. The molecule has 2 aromatic carbocycles. The van der Waals surface area contributed by atoms with Crippen LogP contribution < -0.4 is 15.4 Å². The summed E-state index contributed by atoms with van der Waals surface area (Å²) in [6.07, 6.45) is 0. The average Bonchev–Trinajstić information content (AvgIpc) is 2.56. The Hall–Kier alpha value is -2.56. The Morgan fingerprint density at radius 3 is 2.28 bits per heavy atom. The summed E-state index contributed by atoms with van der Waals surface area (Å²) in [6.45, 7) is 8.31. The maximum atomic E-state index is 12.5. The SMILES string of the molecule is CC(C)CNC(=O)c1cc2ccccc2cc1OCC(=O)NC(C)C. The number of hydrogen-bond donors (Lipinski definition) is 2. The highest BCUT2D eigenvalue weighted by Crippen LogP contribution is 2.26. The van der Waals surface area contributed by atoms with Gasteiger partial charge < -0.3 is 15.4 Å². The molecule has 0 aromatic heterocycles. The van der Waals surface area contributed by atoms with Crippen LogP contribution in [0.4, 0.5) is 0 Å². The van der Waals surface area contributed by atoms with Crippen molar-refractivity contribution in [2.24, 2.45) is 5.92 Å². The summed E-state index contributed by atoms with van der Waals surface area (Å²) >= 11 is 0. The van der Waals surface area contributed by atoms with Gasteiger partial charge in [0.2, 0.25) is 0 Å². The lowest BCUT2D eigenvalue weighted by atomic mass is 10.0. The minimum Gasteiger partial charge on any atom is -0.483 e. The Bertz CT molecular complexity index is 754. The summed E-state index contributed by atoms with van der Waals surface area (Å²) in [5, 5.41) is 7.59. The van der Waals surface area contributed by atoms with Crippen LogP contribution >= 0.6 is 0 Å². The highest BCUT2D eigenvalue weighted by Gasteiger charge is 2.16. The highest BCUT2D eigenvalue weighted by atomic mass is 16.5. The first kappa shape index (κ1) is 18.8. The van der Waals surface area contributed by atoms with Crippen LogP contribution in [0.3, 0.4) is 0 Å². The van der Waals surface area contributed by atoms with Crippen LogP contribution in [0, 0.1) is 5.92 Å². The molecule has 5 nitrogen and oxygen atoms in total. The molecule has 0 saturated heterocycles. The minimum atomic E-state index is -0.211. The molecule has 0 bridgehead atoms. The Labute approximate surface area is 148 Å². The molecule has 0 saturated carbocycles. The number of rotatable bonds is 7. The molecule has 25 heavy (non-hydrogen) atoms. The fraction of sp³-hybridized carbons (Fsp3) is 0.400. The van der Waals surface area contributed by atoms with Gasteiger partial charge in [-0.1, -0.05) is 38.1 Å². The molecule has 0 spiro atoms. The van der Waals surface area contributed by atoms with Crippen molar-refractivity contribution in [1.29, 1.82) is 0 Å². The first-order chi connectivity index (χ1) is 11.9. The lowest BCUT2D eigenvalue weighted by Crippen LogP contribution is -2.34. The van der Waals surface area contributed by atoms with Gasteiger partial charge in [0.05, 0.1) is 5.56 Å². The largest absolute Gasteiger partial charge is 0.483 e. The van der Waals surface area contributed by atoms with Crippen molar-refractivity contribution < 1.29 is 14.3 Å². The van der Waals surface area contributed by atoms with Crippen LogP contribution in [0.25, 0.3) is 10.8 Å². The zero-order valence-electron chi connectivity index (χ0n) is 15.3. The third kappa shape index (κ3) is 5.48. The van der Waals surface area contributed by atoms with Crippen molar-refractivity contribution in [1.82, 2.24) is 10.6 Å². The fourth-order valence-corrected chi connectivity index (χ4v) is 2.42. The quantitative estimate of drug-likeness (QED) is 0.812. The first-order valence-corrected chi connectivity index (χ1v) is 8.60. The van der Waals surface area contributed by atoms with Crippen molar-refractivity contribution in [3.8, 4) is 5.75 Å². The normalized spacial score (nSPS) is 11.0. The molecule has 0 aliphatic carbocycles.